The molecule has 5 nitrogen and oxygen atoms in total. The number of nitrogens with one attached hydrogen (secondary N) is 1. The van der Waals surface area contributed by atoms with Crippen LogP contribution in [0.3, 0.4) is 0 Å². The Hall–Kier alpha value is -2.82. The number of esters is 1. The third-order valence-electron chi connectivity index (χ3n) is 3.84. The fourth-order valence-corrected chi connectivity index (χ4v) is 2.49. The monoisotopic (exact) mass is 369 g/mol. The molecule has 0 aromatic heterocycles. The number of para-hydroxylation sites is 1. The Bertz CT molecular complexity index is 783. The molecule has 0 unspecified atom stereocenters. The summed E-state index contributed by atoms with van der Waals surface area (Å²) in [5.41, 5.74) is 2.12. The second-order valence-electron chi connectivity index (χ2n) is 7.10. The summed E-state index contributed by atoms with van der Waals surface area (Å²) < 4.78 is 10.7. The van der Waals surface area contributed by atoms with Crippen molar-refractivity contribution in [3.63, 3.8) is 0 Å². The molecule has 0 aliphatic heterocycles. The molecule has 2 rings (SSSR count). The highest BCUT2D eigenvalue weighted by Gasteiger charge is 2.13. The topological polar surface area (TPSA) is 64.6 Å². The first-order valence-electron chi connectivity index (χ1n) is 9.15. The van der Waals surface area contributed by atoms with Crippen molar-refractivity contribution in [1.82, 2.24) is 0 Å². The molecule has 0 spiro atoms. The van der Waals surface area contributed by atoms with Crippen LogP contribution in [0.4, 0.5) is 5.69 Å². The van der Waals surface area contributed by atoms with Crippen molar-refractivity contribution in [2.75, 3.05) is 18.5 Å². The van der Waals surface area contributed by atoms with Crippen LogP contribution in [0.25, 0.3) is 0 Å². The number of amides is 1. The lowest BCUT2D eigenvalue weighted by Gasteiger charge is -2.14. The number of hydrogen-bond acceptors (Lipinski definition) is 4. The summed E-state index contributed by atoms with van der Waals surface area (Å²) in [7, 11) is 0. The normalized spacial score (nSPS) is 10.7. The zero-order valence-corrected chi connectivity index (χ0v) is 16.3. The minimum Gasteiger partial charge on any atom is -0.493 e. The van der Waals surface area contributed by atoms with Crippen molar-refractivity contribution in [3.8, 4) is 5.75 Å². The van der Waals surface area contributed by atoms with Gasteiger partial charge in [0.2, 0.25) is 0 Å². The molecule has 0 saturated heterocycles. The largest absolute Gasteiger partial charge is 0.493 e. The van der Waals surface area contributed by atoms with Crippen LogP contribution >= 0.6 is 0 Å². The number of carbonyl (C=O) groups is 2. The smallest absolute Gasteiger partial charge is 0.338 e. The fraction of sp³-hybridized carbons (Fsp3) is 0.364. The molecule has 27 heavy (non-hydrogen) atoms. The third kappa shape index (κ3) is 6.44. The van der Waals surface area contributed by atoms with Gasteiger partial charge in [0.1, 0.15) is 5.75 Å². The van der Waals surface area contributed by atoms with Gasteiger partial charge in [-0.1, -0.05) is 52.0 Å². The third-order valence-corrected chi connectivity index (χ3v) is 3.84. The first kappa shape index (κ1) is 20.5. The van der Waals surface area contributed by atoms with E-state index < -0.39 is 5.97 Å². The number of rotatable bonds is 8. The molecule has 2 aromatic rings. The van der Waals surface area contributed by atoms with Gasteiger partial charge in [0, 0.05) is 5.69 Å². The van der Waals surface area contributed by atoms with E-state index in [-0.39, 0.29) is 18.4 Å². The van der Waals surface area contributed by atoms with E-state index in [2.05, 4.69) is 19.2 Å². The van der Waals surface area contributed by atoms with Crippen molar-refractivity contribution >= 4 is 17.6 Å². The van der Waals surface area contributed by atoms with E-state index in [0.29, 0.717) is 23.8 Å². The number of hydrogen-bond donors (Lipinski definition) is 1. The van der Waals surface area contributed by atoms with Gasteiger partial charge in [-0.15, -0.1) is 0 Å². The summed E-state index contributed by atoms with van der Waals surface area (Å²) in [6.45, 7) is 8.43. The van der Waals surface area contributed by atoms with Gasteiger partial charge in [-0.05, 0) is 41.7 Å². The Balaban J connectivity index is 1.92. The van der Waals surface area contributed by atoms with Gasteiger partial charge in [0.25, 0.3) is 5.91 Å². The highest BCUT2D eigenvalue weighted by atomic mass is 16.5. The van der Waals surface area contributed by atoms with Gasteiger partial charge < -0.3 is 14.8 Å². The average molecular weight is 369 g/mol. The highest BCUT2D eigenvalue weighted by molar-refractivity contribution is 5.96. The lowest BCUT2D eigenvalue weighted by molar-refractivity contribution is -0.119. The quantitative estimate of drug-likeness (QED) is 0.689. The standard InChI is InChI=1S/C22H27NO4/c1-15(2)13-26-18-9-7-8-17(12-18)22(25)27-14-21(24)23-20-11-6-5-10-19(20)16(3)4/h5-12,15-16H,13-14H2,1-4H3,(H,23,24). The second kappa shape index (κ2) is 9.76. The Labute approximate surface area is 160 Å². The van der Waals surface area contributed by atoms with Gasteiger partial charge in [0.15, 0.2) is 6.61 Å². The highest BCUT2D eigenvalue weighted by Crippen LogP contribution is 2.23. The summed E-state index contributed by atoms with van der Waals surface area (Å²) in [4.78, 5) is 24.4. The van der Waals surface area contributed by atoms with Crippen molar-refractivity contribution in [1.29, 1.82) is 0 Å². The zero-order chi connectivity index (χ0) is 19.8. The van der Waals surface area contributed by atoms with Gasteiger partial charge in [-0.3, -0.25) is 4.79 Å². The van der Waals surface area contributed by atoms with E-state index in [9.17, 15) is 9.59 Å². The van der Waals surface area contributed by atoms with Gasteiger partial charge in [0.05, 0.1) is 12.2 Å². The number of carbonyl (C=O) groups excluding carboxylic acids is 2. The summed E-state index contributed by atoms with van der Waals surface area (Å²) in [5, 5.41) is 2.80. The Morgan fingerprint density at radius 2 is 1.74 bits per heavy atom. The number of benzene rings is 2. The van der Waals surface area contributed by atoms with E-state index in [1.807, 2.05) is 38.1 Å². The molecule has 0 saturated carbocycles. The van der Waals surface area contributed by atoms with Gasteiger partial charge in [-0.25, -0.2) is 4.79 Å². The minimum absolute atomic E-state index is 0.276. The van der Waals surface area contributed by atoms with E-state index in [1.165, 1.54) is 0 Å². The van der Waals surface area contributed by atoms with E-state index >= 15 is 0 Å². The van der Waals surface area contributed by atoms with Crippen LogP contribution in [0.5, 0.6) is 5.75 Å². The summed E-state index contributed by atoms with van der Waals surface area (Å²) in [6.07, 6.45) is 0. The first-order valence-corrected chi connectivity index (χ1v) is 9.15. The maximum Gasteiger partial charge on any atom is 0.338 e. The molecule has 0 aliphatic carbocycles. The van der Waals surface area contributed by atoms with Gasteiger partial charge in [-0.2, -0.15) is 0 Å². The molecule has 0 bridgehead atoms. The van der Waals surface area contributed by atoms with Crippen LogP contribution in [0.2, 0.25) is 0 Å². The lowest BCUT2D eigenvalue weighted by atomic mass is 10.0. The Morgan fingerprint density at radius 3 is 2.44 bits per heavy atom. The van der Waals surface area contributed by atoms with Gasteiger partial charge >= 0.3 is 5.97 Å². The molecule has 0 fully saturated rings. The summed E-state index contributed by atoms with van der Waals surface area (Å²) in [6, 6.07) is 14.4. The molecule has 2 aromatic carbocycles. The predicted molar refractivity (Wildman–Crippen MR) is 106 cm³/mol. The van der Waals surface area contributed by atoms with Crippen LogP contribution in [-0.2, 0) is 9.53 Å². The Kier molecular flexibility index (Phi) is 7.41. The predicted octanol–water partition coefficient (Wildman–Crippen LogP) is 4.64. The zero-order valence-electron chi connectivity index (χ0n) is 16.3. The molecular formula is C22H27NO4. The first-order chi connectivity index (χ1) is 12.9. The average Bonchev–Trinajstić information content (AvgIpc) is 2.65. The number of ether oxygens (including phenoxy) is 2. The fourth-order valence-electron chi connectivity index (χ4n) is 2.49. The number of anilines is 1. The second-order valence-corrected chi connectivity index (χ2v) is 7.10. The SMILES string of the molecule is CC(C)COc1cccc(C(=O)OCC(=O)Nc2ccccc2C(C)C)c1. The van der Waals surface area contributed by atoms with Crippen molar-refractivity contribution in [2.45, 2.75) is 33.6 Å². The lowest BCUT2D eigenvalue weighted by Crippen LogP contribution is -2.21. The minimum atomic E-state index is -0.558. The molecule has 1 amide bonds. The van der Waals surface area contributed by atoms with E-state index in [4.69, 9.17) is 9.47 Å². The van der Waals surface area contributed by atoms with Crippen LogP contribution in [0, 0.1) is 5.92 Å². The van der Waals surface area contributed by atoms with Crippen LogP contribution in [-0.4, -0.2) is 25.1 Å². The molecule has 0 radical (unpaired) electrons. The summed E-state index contributed by atoms with van der Waals surface area (Å²) >= 11 is 0. The van der Waals surface area contributed by atoms with Crippen LogP contribution < -0.4 is 10.1 Å². The van der Waals surface area contributed by atoms with Crippen molar-refractivity contribution in [2.24, 2.45) is 5.92 Å². The van der Waals surface area contributed by atoms with Crippen molar-refractivity contribution in [3.05, 3.63) is 59.7 Å². The molecule has 0 atom stereocenters. The molecule has 0 heterocycles. The molecule has 5 heteroatoms. The molecule has 0 aliphatic rings. The molecule has 144 valence electrons. The maximum atomic E-state index is 12.2. The maximum absolute atomic E-state index is 12.2. The molecule has 1 N–H and O–H groups in total. The van der Waals surface area contributed by atoms with Crippen LogP contribution in [0.1, 0.15) is 49.5 Å². The van der Waals surface area contributed by atoms with Crippen molar-refractivity contribution < 1.29 is 19.1 Å². The van der Waals surface area contributed by atoms with E-state index in [0.717, 1.165) is 11.3 Å². The van der Waals surface area contributed by atoms with E-state index in [1.54, 1.807) is 24.3 Å². The molecular weight excluding hydrogens is 342 g/mol. The van der Waals surface area contributed by atoms with Crippen LogP contribution in [0.15, 0.2) is 48.5 Å². The summed E-state index contributed by atoms with van der Waals surface area (Å²) in [5.74, 6) is 0.338. The Morgan fingerprint density at radius 1 is 1.00 bits per heavy atom.